The minimum Gasteiger partial charge on any atom is -0.546 e. The normalized spacial score (nSPS) is 6.50. The standard InChI is InChI=1S/C4H6O3.Na/c1-2-7-3-4(5)6;/h2H,1,3H2,(H,5,6);/q;+1/p-1. The second-order valence-electron chi connectivity index (χ2n) is 0.850. The number of rotatable bonds is 3. The minimum absolute atomic E-state index is 0. The summed E-state index contributed by atoms with van der Waals surface area (Å²) in [5.41, 5.74) is 0. The van der Waals surface area contributed by atoms with E-state index in [-0.39, 0.29) is 29.6 Å². The first-order chi connectivity index (χ1) is 3.27. The van der Waals surface area contributed by atoms with Gasteiger partial charge in [-0.15, -0.1) is 0 Å². The number of hydrogen-bond donors (Lipinski definition) is 0. The van der Waals surface area contributed by atoms with E-state index in [2.05, 4.69) is 11.3 Å². The molecule has 0 spiro atoms. The summed E-state index contributed by atoms with van der Waals surface area (Å²) in [6.07, 6.45) is 1.05. The maximum absolute atomic E-state index is 9.47. The third kappa shape index (κ3) is 9.38. The van der Waals surface area contributed by atoms with Gasteiger partial charge in [-0.25, -0.2) is 0 Å². The van der Waals surface area contributed by atoms with Gasteiger partial charge in [-0.2, -0.15) is 0 Å². The van der Waals surface area contributed by atoms with Crippen molar-refractivity contribution in [1.82, 2.24) is 0 Å². The number of carbonyl (C=O) groups is 1. The summed E-state index contributed by atoms with van der Waals surface area (Å²) in [5, 5.41) is 9.47. The molecule has 4 heteroatoms. The van der Waals surface area contributed by atoms with E-state index in [1.54, 1.807) is 0 Å². The van der Waals surface area contributed by atoms with Crippen molar-refractivity contribution in [3.8, 4) is 0 Å². The topological polar surface area (TPSA) is 49.4 Å². The molecule has 0 radical (unpaired) electrons. The number of carboxylic acids is 1. The molecule has 0 N–H and O–H groups in total. The van der Waals surface area contributed by atoms with E-state index in [9.17, 15) is 9.90 Å². The molecule has 0 fully saturated rings. The van der Waals surface area contributed by atoms with Crippen molar-refractivity contribution in [3.63, 3.8) is 0 Å². The van der Waals surface area contributed by atoms with Gasteiger partial charge >= 0.3 is 29.6 Å². The van der Waals surface area contributed by atoms with E-state index in [1.165, 1.54) is 0 Å². The van der Waals surface area contributed by atoms with Gasteiger partial charge in [-0.05, 0) is 0 Å². The van der Waals surface area contributed by atoms with Crippen LogP contribution in [0.25, 0.3) is 0 Å². The molecule has 0 amide bonds. The molecule has 0 aliphatic carbocycles. The van der Waals surface area contributed by atoms with Crippen molar-refractivity contribution in [3.05, 3.63) is 12.8 Å². The molecule has 0 bridgehead atoms. The van der Waals surface area contributed by atoms with Crippen LogP contribution < -0.4 is 34.7 Å². The van der Waals surface area contributed by atoms with Gasteiger partial charge in [0.25, 0.3) is 0 Å². The molecule has 0 saturated carbocycles. The van der Waals surface area contributed by atoms with Gasteiger partial charge in [-0.1, -0.05) is 6.58 Å². The molecule has 0 saturated heterocycles. The first-order valence-electron chi connectivity index (χ1n) is 1.69. The molecule has 0 aliphatic heterocycles. The molecule has 3 nitrogen and oxygen atoms in total. The molecule has 0 aromatic heterocycles. The molecule has 0 atom stereocenters. The molecule has 40 valence electrons. The Morgan fingerprint density at radius 1 is 1.88 bits per heavy atom. The van der Waals surface area contributed by atoms with Crippen LogP contribution in [0, 0.1) is 0 Å². The van der Waals surface area contributed by atoms with Crippen LogP contribution >= 0.6 is 0 Å². The van der Waals surface area contributed by atoms with Crippen LogP contribution in [0.15, 0.2) is 12.8 Å². The summed E-state index contributed by atoms with van der Waals surface area (Å²) in [6.45, 7) is 2.71. The Balaban J connectivity index is 0. The van der Waals surface area contributed by atoms with Gasteiger partial charge in [-0.3, -0.25) is 0 Å². The second-order valence-corrected chi connectivity index (χ2v) is 0.850. The second kappa shape index (κ2) is 7.01. The van der Waals surface area contributed by atoms with Gasteiger partial charge in [0, 0.05) is 0 Å². The smallest absolute Gasteiger partial charge is 0.546 e. The van der Waals surface area contributed by atoms with Crippen LogP contribution in [0.5, 0.6) is 0 Å². The van der Waals surface area contributed by atoms with Crippen molar-refractivity contribution in [2.45, 2.75) is 0 Å². The maximum atomic E-state index is 9.47. The Morgan fingerprint density at radius 3 is 2.50 bits per heavy atom. The minimum atomic E-state index is -1.24. The molecule has 0 aromatic rings. The van der Waals surface area contributed by atoms with Crippen LogP contribution in [0.4, 0.5) is 0 Å². The van der Waals surface area contributed by atoms with Crippen molar-refractivity contribution in [1.29, 1.82) is 0 Å². The molecular weight excluding hydrogens is 119 g/mol. The molecule has 0 unspecified atom stereocenters. The zero-order valence-electron chi connectivity index (χ0n) is 4.72. The Bertz CT molecular complexity index is 81.4. The summed E-state index contributed by atoms with van der Waals surface area (Å²) < 4.78 is 4.20. The number of carbonyl (C=O) groups excluding carboxylic acids is 1. The van der Waals surface area contributed by atoms with Gasteiger partial charge in [0.1, 0.15) is 6.61 Å². The average molecular weight is 124 g/mol. The third-order valence-corrected chi connectivity index (χ3v) is 0.319. The van der Waals surface area contributed by atoms with Crippen LogP contribution in [-0.4, -0.2) is 12.6 Å². The van der Waals surface area contributed by atoms with E-state index < -0.39 is 12.6 Å². The van der Waals surface area contributed by atoms with Gasteiger partial charge < -0.3 is 14.6 Å². The predicted octanol–water partition coefficient (Wildman–Crippen LogP) is -4.10. The monoisotopic (exact) mass is 124 g/mol. The van der Waals surface area contributed by atoms with Crippen LogP contribution in [-0.2, 0) is 9.53 Å². The summed E-state index contributed by atoms with van der Waals surface area (Å²) in [4.78, 5) is 9.47. The predicted molar refractivity (Wildman–Crippen MR) is 21.2 cm³/mol. The third-order valence-electron chi connectivity index (χ3n) is 0.319. The van der Waals surface area contributed by atoms with Gasteiger partial charge in [0.05, 0.1) is 12.2 Å². The fourth-order valence-corrected chi connectivity index (χ4v) is 0.127. The van der Waals surface area contributed by atoms with Crippen molar-refractivity contribution >= 4 is 5.97 Å². The Hall–Kier alpha value is 0.0100. The average Bonchev–Trinajstić information content (AvgIpc) is 1.61. The van der Waals surface area contributed by atoms with E-state index in [0.717, 1.165) is 6.26 Å². The largest absolute Gasteiger partial charge is 1.00 e. The number of aliphatic carboxylic acids is 1. The Kier molecular flexibility index (Phi) is 9.55. The van der Waals surface area contributed by atoms with Crippen LogP contribution in [0.1, 0.15) is 0 Å². The number of carboxylic acid groups (broad SMARTS) is 1. The Labute approximate surface area is 69.6 Å². The SMILES string of the molecule is C=COCC(=O)[O-].[Na+]. The zero-order chi connectivity index (χ0) is 5.70. The molecule has 0 rings (SSSR count). The molecular formula is C4H5NaO3. The fourth-order valence-electron chi connectivity index (χ4n) is 0.127. The molecule has 0 aromatic carbocycles. The maximum Gasteiger partial charge on any atom is 1.00 e. The Morgan fingerprint density at radius 2 is 2.38 bits per heavy atom. The van der Waals surface area contributed by atoms with Crippen LogP contribution in [0.3, 0.4) is 0 Å². The fraction of sp³-hybridized carbons (Fsp3) is 0.250. The summed E-state index contributed by atoms with van der Waals surface area (Å²) >= 11 is 0. The summed E-state index contributed by atoms with van der Waals surface area (Å²) in [7, 11) is 0. The van der Waals surface area contributed by atoms with E-state index in [1.807, 2.05) is 0 Å². The zero-order valence-corrected chi connectivity index (χ0v) is 6.72. The first kappa shape index (κ1) is 10.9. The first-order valence-corrected chi connectivity index (χ1v) is 1.69. The molecule has 0 heterocycles. The van der Waals surface area contributed by atoms with Gasteiger partial charge in [0.15, 0.2) is 0 Å². The quantitative estimate of drug-likeness (QED) is 0.284. The van der Waals surface area contributed by atoms with E-state index >= 15 is 0 Å². The summed E-state index contributed by atoms with van der Waals surface area (Å²) in [6, 6.07) is 0. The van der Waals surface area contributed by atoms with Crippen molar-refractivity contribution < 1.29 is 44.2 Å². The van der Waals surface area contributed by atoms with Gasteiger partial charge in [0.2, 0.25) is 0 Å². The molecule has 0 aliphatic rings. The summed E-state index contributed by atoms with van der Waals surface area (Å²) in [5.74, 6) is -1.24. The van der Waals surface area contributed by atoms with Crippen molar-refractivity contribution in [2.24, 2.45) is 0 Å². The number of ether oxygens (including phenoxy) is 1. The van der Waals surface area contributed by atoms with E-state index in [4.69, 9.17) is 0 Å². The van der Waals surface area contributed by atoms with Crippen LogP contribution in [0.2, 0.25) is 0 Å². The van der Waals surface area contributed by atoms with E-state index in [0.29, 0.717) is 0 Å². The molecule has 8 heavy (non-hydrogen) atoms. The number of hydrogen-bond acceptors (Lipinski definition) is 3. The van der Waals surface area contributed by atoms with Crippen molar-refractivity contribution in [2.75, 3.05) is 6.61 Å².